The van der Waals surface area contributed by atoms with Crippen LogP contribution in [0.15, 0.2) is 0 Å². The van der Waals surface area contributed by atoms with Crippen LogP contribution < -0.4 is 11.1 Å². The van der Waals surface area contributed by atoms with Gasteiger partial charge in [0.05, 0.1) is 8.52 Å². The van der Waals surface area contributed by atoms with E-state index in [1.165, 1.54) is 6.42 Å². The van der Waals surface area contributed by atoms with E-state index in [9.17, 15) is 14.0 Å². The van der Waals surface area contributed by atoms with Gasteiger partial charge in [0, 0.05) is 51.3 Å². The number of piperidine rings is 2. The molecule has 2 rings (SSSR count). The van der Waals surface area contributed by atoms with Crippen molar-refractivity contribution in [1.82, 2.24) is 15.1 Å². The molecule has 3 N–H and O–H groups in total. The highest BCUT2D eigenvalue weighted by atomic mass is 79.9. The number of hydrogen-bond acceptors (Lipinski definition) is 8. The van der Waals surface area contributed by atoms with E-state index < -0.39 is 35.0 Å². The molecule has 2 fully saturated rings. The van der Waals surface area contributed by atoms with Crippen molar-refractivity contribution >= 4 is 44.8 Å². The van der Waals surface area contributed by atoms with E-state index in [-0.39, 0.29) is 17.2 Å². The van der Waals surface area contributed by atoms with E-state index in [2.05, 4.69) is 89.0 Å². The Hall–Kier alpha value is -0.776. The lowest BCUT2D eigenvalue weighted by molar-refractivity contribution is 0.0171. The van der Waals surface area contributed by atoms with Crippen LogP contribution in [0.3, 0.4) is 0 Å². The van der Waals surface area contributed by atoms with Gasteiger partial charge in [0.1, 0.15) is 11.2 Å². The lowest BCUT2D eigenvalue weighted by Crippen LogP contribution is -2.43. The molecule has 2 amide bonds. The fourth-order valence-corrected chi connectivity index (χ4v) is 7.78. The molecule has 0 aliphatic carbocycles. The van der Waals surface area contributed by atoms with Crippen molar-refractivity contribution in [3.63, 3.8) is 0 Å². The van der Waals surface area contributed by atoms with Gasteiger partial charge < -0.3 is 39.2 Å². The summed E-state index contributed by atoms with van der Waals surface area (Å²) in [5, 5.41) is 5.07. The normalized spacial score (nSPS) is 16.7. The van der Waals surface area contributed by atoms with Gasteiger partial charge >= 0.3 is 12.2 Å². The summed E-state index contributed by atoms with van der Waals surface area (Å²) in [7, 11) is -4.08. The number of carbonyl (C=O) groups is 2. The molecule has 0 spiro atoms. The minimum absolute atomic E-state index is 0.170. The summed E-state index contributed by atoms with van der Waals surface area (Å²) < 4.78 is 38.3. The van der Waals surface area contributed by atoms with Crippen LogP contribution in [-0.4, -0.2) is 121 Å². The third-order valence-corrected chi connectivity index (χ3v) is 20.1. The highest BCUT2D eigenvalue weighted by Crippen LogP contribution is 2.37. The average Bonchev–Trinajstić information content (AvgIpc) is 3.04. The van der Waals surface area contributed by atoms with Crippen molar-refractivity contribution in [1.29, 1.82) is 0 Å². The molecule has 0 saturated carbocycles. The number of hydrogen-bond donors (Lipinski definition) is 2. The molecule has 10 nitrogen and oxygen atoms in total. The molecule has 0 atom stereocenters. The van der Waals surface area contributed by atoms with Crippen LogP contribution >= 0.6 is 15.9 Å². The Morgan fingerprint density at radius 3 is 1.36 bits per heavy atom. The third kappa shape index (κ3) is 26.0. The number of halogens is 2. The highest BCUT2D eigenvalue weighted by Gasteiger charge is 2.37. The molecular weight excluding hydrogens is 800 g/mol. The van der Waals surface area contributed by atoms with Crippen molar-refractivity contribution in [3.8, 4) is 0 Å². The number of ether oxygens (including phenoxy) is 2. The van der Waals surface area contributed by atoms with E-state index in [4.69, 9.17) is 25.4 Å². The molecule has 0 bridgehead atoms. The summed E-state index contributed by atoms with van der Waals surface area (Å²) in [6.45, 7) is 41.7. The zero-order chi connectivity index (χ0) is 44.0. The summed E-state index contributed by atoms with van der Waals surface area (Å²) >= 11 is 3.37. The lowest BCUT2D eigenvalue weighted by atomic mass is 9.94. The van der Waals surface area contributed by atoms with E-state index in [0.717, 1.165) is 96.5 Å². The summed E-state index contributed by atoms with van der Waals surface area (Å²) in [6, 6.07) is 0. The monoisotopic (exact) mass is 888 g/mol. The number of rotatable bonds is 12. The molecule has 2 heterocycles. The fourth-order valence-electron chi connectivity index (χ4n) is 5.23. The molecule has 0 aromatic rings. The van der Waals surface area contributed by atoms with Gasteiger partial charge in [-0.3, -0.25) is 4.39 Å². The van der Waals surface area contributed by atoms with Gasteiger partial charge in [-0.2, -0.15) is 0 Å². The van der Waals surface area contributed by atoms with Crippen LogP contribution in [0, 0.1) is 11.8 Å². The van der Waals surface area contributed by atoms with Gasteiger partial charge in [0.2, 0.25) is 0 Å². The minimum Gasteiger partial charge on any atom is -0.444 e. The molecule has 0 radical (unpaired) electrons. The number of alkyl halides is 2. The van der Waals surface area contributed by atoms with Crippen molar-refractivity contribution in [2.45, 2.75) is 169 Å². The van der Waals surface area contributed by atoms with E-state index in [1.807, 2.05) is 46.4 Å². The molecule has 2 aliphatic rings. The van der Waals surface area contributed by atoms with Gasteiger partial charge in [-0.1, -0.05) is 57.5 Å². The number of nitrogens with two attached hydrogens (primary N) is 1. The van der Waals surface area contributed by atoms with Crippen LogP contribution in [0.4, 0.5) is 14.0 Å². The molecule has 14 heteroatoms. The maximum absolute atomic E-state index is 12.1. The van der Waals surface area contributed by atoms with E-state index >= 15 is 0 Å². The maximum atomic E-state index is 12.1. The average molecular weight is 889 g/mol. The molecule has 0 aromatic carbocycles. The third-order valence-electron chi connectivity index (χ3n) is 10.7. The maximum Gasteiger partial charge on any atom is 0.410 e. The summed E-state index contributed by atoms with van der Waals surface area (Å²) in [6.07, 6.45) is 6.13. The van der Waals surface area contributed by atoms with Crippen molar-refractivity contribution in [2.75, 3.05) is 71.5 Å². The van der Waals surface area contributed by atoms with Crippen molar-refractivity contribution in [2.24, 2.45) is 17.6 Å². The number of likely N-dealkylation sites (tertiary alicyclic amines) is 2. The second kappa shape index (κ2) is 26.3. The molecule has 2 saturated heterocycles. The van der Waals surface area contributed by atoms with Gasteiger partial charge in [-0.25, -0.2) is 9.59 Å². The Balaban J connectivity index is 0. The first-order valence-electron chi connectivity index (χ1n) is 21.2. The molecule has 0 unspecified atom stereocenters. The summed E-state index contributed by atoms with van der Waals surface area (Å²) in [5.74, 6) is 1.38. The fraction of sp³-hybridized carbons (Fsp3) is 0.951. The van der Waals surface area contributed by atoms with Crippen LogP contribution in [0.5, 0.6) is 0 Å². The van der Waals surface area contributed by atoms with Crippen LogP contribution in [0.2, 0.25) is 36.3 Å². The molecule has 0 aromatic heterocycles. The van der Waals surface area contributed by atoms with Gasteiger partial charge in [0.15, 0.2) is 16.6 Å². The van der Waals surface area contributed by atoms with Crippen LogP contribution in [-0.2, 0) is 18.3 Å². The molecule has 55 heavy (non-hydrogen) atoms. The van der Waals surface area contributed by atoms with Gasteiger partial charge in [0.25, 0.3) is 0 Å². The first-order chi connectivity index (χ1) is 25.5. The highest BCUT2D eigenvalue weighted by molar-refractivity contribution is 9.09. The largest absolute Gasteiger partial charge is 0.444 e. The minimum atomic E-state index is -1.62. The predicted molar refractivity (Wildman–Crippen MR) is 239 cm³/mol. The summed E-state index contributed by atoms with van der Waals surface area (Å²) in [4.78, 5) is 27.5. The van der Waals surface area contributed by atoms with Crippen molar-refractivity contribution in [3.05, 3.63) is 0 Å². The Morgan fingerprint density at radius 1 is 0.709 bits per heavy atom. The second-order valence-corrected chi connectivity index (χ2v) is 30.3. The molecular formula is C41H88BrFN4O6Si2. The lowest BCUT2D eigenvalue weighted by Gasteiger charge is -2.36. The predicted octanol–water partition coefficient (Wildman–Crippen LogP) is 10.6. The van der Waals surface area contributed by atoms with E-state index in [1.54, 1.807) is 4.90 Å². The zero-order valence-electron chi connectivity index (χ0n) is 39.4. The number of carbonyl (C=O) groups excluding carboxylic acids is 2. The Bertz CT molecular complexity index is 1050. The molecule has 2 aliphatic heterocycles. The van der Waals surface area contributed by atoms with Crippen LogP contribution in [0.1, 0.15) is 123 Å². The first-order valence-corrected chi connectivity index (χ1v) is 27.5. The van der Waals surface area contributed by atoms with Crippen molar-refractivity contribution < 1.29 is 33.7 Å². The van der Waals surface area contributed by atoms with E-state index in [0.29, 0.717) is 16.9 Å². The van der Waals surface area contributed by atoms with Gasteiger partial charge in [-0.05, 0) is 141 Å². The quantitative estimate of drug-likeness (QED) is 0.113. The number of nitrogens with one attached hydrogen (secondary N) is 1. The first kappa shape index (κ1) is 54.2. The SMILES string of the molecule is CC(C)(C)OC(=O)N1CCC(CCN)CC1.CC(C)(C)OC(=O)N1CCC(CCNCCO[Si](C)(C)C(C)(C)C)CC1.CC(C)(C)[Si](C)(C)OCCBr.[2H]CF. The Morgan fingerprint density at radius 2 is 1.05 bits per heavy atom. The number of nitrogens with zero attached hydrogens (tertiary/aromatic N) is 2. The number of amides is 2. The van der Waals surface area contributed by atoms with Gasteiger partial charge in [-0.15, -0.1) is 0 Å². The van der Waals surface area contributed by atoms with Crippen LogP contribution in [0.25, 0.3) is 0 Å². The Kier molecular flexibility index (Phi) is 26.0. The smallest absolute Gasteiger partial charge is 0.410 e. The topological polar surface area (TPSA) is 116 Å². The standard InChI is InChI=1S/C20H42N2O3Si.C12H24N2O2.C8H19BrOSi.CH3F/c1-19(2,3)25-18(23)22-14-10-17(11-15-22)9-12-21-13-16-24-26(7,8)20(4,5)6;1-12(2,3)16-11(15)14-8-5-10(4-7-13)6-9-14;1-8(2,3)11(4,5)10-7-6-9;1-2/h17,21H,9-16H2,1-8H3;10H,4-9,13H2,1-3H3;6-7H2,1-5H3;1H3/i;;;1D. The summed E-state index contributed by atoms with van der Waals surface area (Å²) in [5.41, 5.74) is 4.72. The second-order valence-electron chi connectivity index (χ2n) is 19.8. The zero-order valence-corrected chi connectivity index (χ0v) is 41.9. The molecule has 330 valence electrons. The Labute approximate surface area is 350 Å².